The van der Waals surface area contributed by atoms with Gasteiger partial charge in [0, 0.05) is 0 Å². The van der Waals surface area contributed by atoms with Crippen molar-refractivity contribution in [2.45, 2.75) is 79.1 Å². The van der Waals surface area contributed by atoms with Crippen molar-refractivity contribution in [3.05, 3.63) is 70.8 Å². The second kappa shape index (κ2) is 19.4. The van der Waals surface area contributed by atoms with E-state index in [2.05, 4.69) is 27.7 Å². The first-order valence-electron chi connectivity index (χ1n) is 14.2. The molecule has 0 heterocycles. The average molecular weight is 557 g/mol. The van der Waals surface area contributed by atoms with Crippen LogP contribution >= 0.6 is 0 Å². The lowest BCUT2D eigenvalue weighted by Gasteiger charge is -2.15. The highest BCUT2D eigenvalue weighted by atomic mass is 16.5. The molecule has 220 valence electrons. The van der Waals surface area contributed by atoms with Crippen molar-refractivity contribution >= 4 is 23.9 Å². The van der Waals surface area contributed by atoms with Crippen molar-refractivity contribution in [3.63, 3.8) is 0 Å². The fourth-order valence-electron chi connectivity index (χ4n) is 4.03. The summed E-state index contributed by atoms with van der Waals surface area (Å²) in [4.78, 5) is 46.1. The first kappa shape index (κ1) is 34.3. The van der Waals surface area contributed by atoms with Gasteiger partial charge in [-0.2, -0.15) is 0 Å². The normalized spacial score (nSPS) is 11.9. The number of benzene rings is 2. The van der Waals surface area contributed by atoms with Crippen LogP contribution < -0.4 is 0 Å². The Morgan fingerprint density at radius 1 is 0.600 bits per heavy atom. The Balaban J connectivity index is 0.000000400. The predicted molar refractivity (Wildman–Crippen MR) is 154 cm³/mol. The van der Waals surface area contributed by atoms with Crippen LogP contribution in [0.5, 0.6) is 0 Å². The van der Waals surface area contributed by atoms with E-state index in [1.807, 2.05) is 0 Å². The summed E-state index contributed by atoms with van der Waals surface area (Å²) in [6.45, 7) is 9.09. The number of carboxylic acids is 2. The van der Waals surface area contributed by atoms with E-state index in [1.54, 1.807) is 24.3 Å². The monoisotopic (exact) mass is 556 g/mol. The van der Waals surface area contributed by atoms with Crippen LogP contribution in [0.1, 0.15) is 120 Å². The highest BCUT2D eigenvalue weighted by molar-refractivity contribution is 6.03. The van der Waals surface area contributed by atoms with Gasteiger partial charge in [-0.05, 0) is 48.9 Å². The molecule has 0 aliphatic rings. The summed E-state index contributed by atoms with van der Waals surface area (Å²) in [6, 6.07) is 12.2. The first-order valence-corrected chi connectivity index (χ1v) is 14.2. The van der Waals surface area contributed by atoms with Crippen molar-refractivity contribution in [1.29, 1.82) is 0 Å². The van der Waals surface area contributed by atoms with Crippen LogP contribution in [0.3, 0.4) is 0 Å². The molecule has 2 unspecified atom stereocenters. The first-order chi connectivity index (χ1) is 19.2. The molecule has 0 bridgehead atoms. The van der Waals surface area contributed by atoms with Gasteiger partial charge < -0.3 is 19.7 Å². The summed E-state index contributed by atoms with van der Waals surface area (Å²) in [5.74, 6) is -2.66. The number of unbranched alkanes of at least 4 members (excludes halogenated alkanes) is 2. The largest absolute Gasteiger partial charge is 0.478 e. The lowest BCUT2D eigenvalue weighted by atomic mass is 10.0. The van der Waals surface area contributed by atoms with E-state index in [0.29, 0.717) is 25.0 Å². The molecule has 2 aromatic rings. The third-order valence-electron chi connectivity index (χ3n) is 6.74. The average Bonchev–Trinajstić information content (AvgIpc) is 2.97. The zero-order valence-electron chi connectivity index (χ0n) is 24.2. The van der Waals surface area contributed by atoms with E-state index in [-0.39, 0.29) is 22.3 Å². The third kappa shape index (κ3) is 12.0. The van der Waals surface area contributed by atoms with E-state index in [0.717, 1.165) is 51.4 Å². The number of esters is 2. The number of aromatic carboxylic acids is 2. The van der Waals surface area contributed by atoms with E-state index < -0.39 is 23.9 Å². The van der Waals surface area contributed by atoms with Gasteiger partial charge in [-0.3, -0.25) is 0 Å². The Morgan fingerprint density at radius 3 is 1.20 bits per heavy atom. The Hall–Kier alpha value is -3.68. The number of carboxylic acid groups (broad SMARTS) is 2. The Labute approximate surface area is 237 Å². The van der Waals surface area contributed by atoms with Crippen molar-refractivity contribution in [2.24, 2.45) is 11.8 Å². The van der Waals surface area contributed by atoms with Gasteiger partial charge in [-0.25, -0.2) is 19.2 Å². The molecule has 2 N–H and O–H groups in total. The molecule has 0 fully saturated rings. The van der Waals surface area contributed by atoms with Gasteiger partial charge in [0.2, 0.25) is 0 Å². The maximum absolute atomic E-state index is 12.0. The summed E-state index contributed by atoms with van der Waals surface area (Å²) in [5.41, 5.74) is 0.203. The van der Waals surface area contributed by atoms with E-state index in [9.17, 15) is 19.2 Å². The lowest BCUT2D eigenvalue weighted by molar-refractivity contribution is 0.0414. The molecular weight excluding hydrogens is 512 g/mol. The van der Waals surface area contributed by atoms with Gasteiger partial charge in [-0.1, -0.05) is 90.5 Å². The summed E-state index contributed by atoms with van der Waals surface area (Å²) in [5, 5.41) is 18.1. The molecule has 0 aliphatic heterocycles. The maximum Gasteiger partial charge on any atom is 0.339 e. The van der Waals surface area contributed by atoms with E-state index in [1.165, 1.54) is 24.3 Å². The minimum Gasteiger partial charge on any atom is -0.478 e. The minimum absolute atomic E-state index is 0.0147. The Morgan fingerprint density at radius 2 is 0.925 bits per heavy atom. The number of hydrogen-bond acceptors (Lipinski definition) is 6. The molecule has 8 nitrogen and oxygen atoms in total. The Kier molecular flexibility index (Phi) is 16.6. The zero-order valence-corrected chi connectivity index (χ0v) is 24.2. The number of carbonyl (C=O) groups is 4. The molecule has 0 saturated heterocycles. The van der Waals surface area contributed by atoms with Gasteiger partial charge in [-0.15, -0.1) is 0 Å². The molecule has 0 amide bonds. The molecule has 2 aromatic carbocycles. The van der Waals surface area contributed by atoms with Crippen LogP contribution in [-0.4, -0.2) is 47.3 Å². The standard InChI is InChI=1S/2C16H22O4/c2*1-3-5-8-12(4-2)11-20-16(19)14-10-7-6-9-13(14)15(17)18/h2*6-7,9-10,12H,3-5,8,11H2,1-2H3,(H,17,18). The molecule has 0 saturated carbocycles. The van der Waals surface area contributed by atoms with Crippen molar-refractivity contribution < 1.29 is 38.9 Å². The molecule has 40 heavy (non-hydrogen) atoms. The Bertz CT molecular complexity index is 993. The second-order valence-corrected chi connectivity index (χ2v) is 9.73. The van der Waals surface area contributed by atoms with E-state index >= 15 is 0 Å². The van der Waals surface area contributed by atoms with E-state index in [4.69, 9.17) is 19.7 Å². The molecule has 2 rings (SSSR count). The molecule has 0 aromatic heterocycles. The van der Waals surface area contributed by atoms with Gasteiger partial charge in [0.15, 0.2) is 0 Å². The number of carbonyl (C=O) groups excluding carboxylic acids is 2. The highest BCUT2D eigenvalue weighted by Crippen LogP contribution is 2.17. The van der Waals surface area contributed by atoms with Gasteiger partial charge >= 0.3 is 23.9 Å². The maximum atomic E-state index is 12.0. The van der Waals surface area contributed by atoms with Crippen molar-refractivity contribution in [2.75, 3.05) is 13.2 Å². The van der Waals surface area contributed by atoms with Crippen LogP contribution in [-0.2, 0) is 9.47 Å². The smallest absolute Gasteiger partial charge is 0.339 e. The van der Waals surface area contributed by atoms with Crippen molar-refractivity contribution in [3.8, 4) is 0 Å². The summed E-state index contributed by atoms with van der Waals surface area (Å²) in [6.07, 6.45) is 8.42. The lowest BCUT2D eigenvalue weighted by Crippen LogP contribution is -2.16. The van der Waals surface area contributed by atoms with Gasteiger partial charge in [0.25, 0.3) is 0 Å². The highest BCUT2D eigenvalue weighted by Gasteiger charge is 2.19. The molecular formula is C32H44O8. The predicted octanol–water partition coefficient (Wildman–Crippen LogP) is 7.52. The van der Waals surface area contributed by atoms with Crippen LogP contribution in [0.4, 0.5) is 0 Å². The fourth-order valence-corrected chi connectivity index (χ4v) is 4.03. The molecule has 0 radical (unpaired) electrons. The van der Waals surface area contributed by atoms with Gasteiger partial charge in [0.05, 0.1) is 35.5 Å². The minimum atomic E-state index is -1.12. The summed E-state index contributed by atoms with van der Waals surface area (Å²) in [7, 11) is 0. The molecule has 0 spiro atoms. The number of rotatable bonds is 16. The summed E-state index contributed by atoms with van der Waals surface area (Å²) >= 11 is 0. The SMILES string of the molecule is CCCCC(CC)COC(=O)c1ccccc1C(=O)O.CCCCC(CC)COC(=O)c1ccccc1C(=O)O. The van der Waals surface area contributed by atoms with Gasteiger partial charge in [0.1, 0.15) is 0 Å². The van der Waals surface area contributed by atoms with Crippen LogP contribution in [0.25, 0.3) is 0 Å². The van der Waals surface area contributed by atoms with Crippen LogP contribution in [0, 0.1) is 11.8 Å². The van der Waals surface area contributed by atoms with Crippen LogP contribution in [0.2, 0.25) is 0 Å². The molecule has 0 aliphatic carbocycles. The quantitative estimate of drug-likeness (QED) is 0.203. The topological polar surface area (TPSA) is 127 Å². The van der Waals surface area contributed by atoms with Crippen LogP contribution in [0.15, 0.2) is 48.5 Å². The third-order valence-corrected chi connectivity index (χ3v) is 6.74. The zero-order chi connectivity index (χ0) is 29.9. The number of hydrogen-bond donors (Lipinski definition) is 2. The molecule has 2 atom stereocenters. The second-order valence-electron chi connectivity index (χ2n) is 9.73. The molecule has 8 heteroatoms. The van der Waals surface area contributed by atoms with Crippen molar-refractivity contribution in [1.82, 2.24) is 0 Å². The summed E-state index contributed by atoms with van der Waals surface area (Å²) < 4.78 is 10.5. The number of ether oxygens (including phenoxy) is 2. The fraction of sp³-hybridized carbons (Fsp3) is 0.500.